The van der Waals surface area contributed by atoms with Gasteiger partial charge in [0.25, 0.3) is 5.91 Å². The number of halogens is 1. The van der Waals surface area contributed by atoms with Crippen molar-refractivity contribution in [3.8, 4) is 11.5 Å². The molecule has 29 heavy (non-hydrogen) atoms. The van der Waals surface area contributed by atoms with Gasteiger partial charge in [-0.15, -0.1) is 0 Å². The monoisotopic (exact) mass is 398 g/mol. The number of hydrogen-bond donors (Lipinski definition) is 1. The molecule has 7 heteroatoms. The van der Waals surface area contributed by atoms with Crippen molar-refractivity contribution in [2.45, 2.75) is 19.4 Å². The Labute approximate surface area is 168 Å². The third kappa shape index (κ3) is 4.50. The van der Waals surface area contributed by atoms with Crippen LogP contribution in [0.25, 0.3) is 0 Å². The Morgan fingerprint density at radius 2 is 1.69 bits per heavy atom. The molecule has 0 saturated carbocycles. The van der Waals surface area contributed by atoms with Crippen molar-refractivity contribution in [3.63, 3.8) is 0 Å². The number of piperidine rings is 1. The number of benzene rings is 2. The zero-order valence-corrected chi connectivity index (χ0v) is 16.0. The SMILES string of the molecule is O=C(NCc1ccc2c(c1)OCCO2)C1CCN(C(=O)c2ccc(F)cc2)CC1. The van der Waals surface area contributed by atoms with Crippen LogP contribution in [0.15, 0.2) is 42.5 Å². The highest BCUT2D eigenvalue weighted by molar-refractivity contribution is 5.94. The summed E-state index contributed by atoms with van der Waals surface area (Å²) in [5, 5.41) is 2.98. The maximum absolute atomic E-state index is 13.0. The number of ether oxygens (including phenoxy) is 2. The van der Waals surface area contributed by atoms with Gasteiger partial charge in [0.1, 0.15) is 19.0 Å². The summed E-state index contributed by atoms with van der Waals surface area (Å²) in [5.41, 5.74) is 1.42. The van der Waals surface area contributed by atoms with Crippen LogP contribution in [0.5, 0.6) is 11.5 Å². The lowest BCUT2D eigenvalue weighted by Gasteiger charge is -2.31. The summed E-state index contributed by atoms with van der Waals surface area (Å²) in [5.74, 6) is 0.813. The summed E-state index contributed by atoms with van der Waals surface area (Å²) in [6.07, 6.45) is 1.22. The van der Waals surface area contributed by atoms with Crippen LogP contribution in [0, 0.1) is 11.7 Å². The van der Waals surface area contributed by atoms with E-state index in [0.29, 0.717) is 57.0 Å². The lowest BCUT2D eigenvalue weighted by Crippen LogP contribution is -2.42. The molecule has 1 saturated heterocycles. The first kappa shape index (κ1) is 19.2. The largest absolute Gasteiger partial charge is 0.486 e. The van der Waals surface area contributed by atoms with Crippen molar-refractivity contribution in [1.29, 1.82) is 0 Å². The molecule has 0 unspecified atom stereocenters. The highest BCUT2D eigenvalue weighted by Crippen LogP contribution is 2.30. The molecule has 0 atom stereocenters. The van der Waals surface area contributed by atoms with Gasteiger partial charge < -0.3 is 19.7 Å². The van der Waals surface area contributed by atoms with Gasteiger partial charge in [0.05, 0.1) is 0 Å². The number of fused-ring (bicyclic) bond motifs is 1. The molecule has 4 rings (SSSR count). The number of rotatable bonds is 4. The van der Waals surface area contributed by atoms with Gasteiger partial charge in [-0.1, -0.05) is 6.07 Å². The first-order valence-corrected chi connectivity index (χ1v) is 9.81. The molecule has 0 bridgehead atoms. The van der Waals surface area contributed by atoms with E-state index in [9.17, 15) is 14.0 Å². The third-order valence-electron chi connectivity index (χ3n) is 5.32. The molecule has 6 nitrogen and oxygen atoms in total. The van der Waals surface area contributed by atoms with Crippen LogP contribution in [0.1, 0.15) is 28.8 Å². The molecule has 2 aliphatic heterocycles. The quantitative estimate of drug-likeness (QED) is 0.860. The number of hydrogen-bond acceptors (Lipinski definition) is 4. The predicted octanol–water partition coefficient (Wildman–Crippen LogP) is 2.77. The molecule has 2 heterocycles. The second kappa shape index (κ2) is 8.51. The molecule has 2 amide bonds. The molecule has 2 aromatic rings. The smallest absolute Gasteiger partial charge is 0.253 e. The van der Waals surface area contributed by atoms with Gasteiger partial charge in [-0.2, -0.15) is 0 Å². The Morgan fingerprint density at radius 1 is 1.00 bits per heavy atom. The minimum absolute atomic E-state index is 0.00577. The van der Waals surface area contributed by atoms with E-state index in [4.69, 9.17) is 9.47 Å². The van der Waals surface area contributed by atoms with E-state index < -0.39 is 0 Å². The van der Waals surface area contributed by atoms with Crippen LogP contribution in [0.3, 0.4) is 0 Å². The molecule has 0 spiro atoms. The van der Waals surface area contributed by atoms with Gasteiger partial charge in [0, 0.05) is 31.1 Å². The minimum atomic E-state index is -0.366. The summed E-state index contributed by atoms with van der Waals surface area (Å²) < 4.78 is 24.1. The fourth-order valence-electron chi connectivity index (χ4n) is 3.65. The van der Waals surface area contributed by atoms with E-state index in [1.54, 1.807) is 4.90 Å². The molecular formula is C22H23FN2O4. The lowest BCUT2D eigenvalue weighted by molar-refractivity contribution is -0.126. The molecule has 0 radical (unpaired) electrons. The standard InChI is InChI=1S/C22H23FN2O4/c23-18-4-2-17(3-5-18)22(27)25-9-7-16(8-10-25)21(26)24-14-15-1-6-19-20(13-15)29-12-11-28-19/h1-6,13,16H,7-12,14H2,(H,24,26). The van der Waals surface area contributed by atoms with Crippen LogP contribution in [-0.4, -0.2) is 43.0 Å². The highest BCUT2D eigenvalue weighted by Gasteiger charge is 2.27. The normalized spacial score (nSPS) is 16.4. The summed E-state index contributed by atoms with van der Waals surface area (Å²) in [4.78, 5) is 26.7. The minimum Gasteiger partial charge on any atom is -0.486 e. The summed E-state index contributed by atoms with van der Waals surface area (Å²) in [7, 11) is 0. The Kier molecular flexibility index (Phi) is 5.64. The molecule has 2 aliphatic rings. The van der Waals surface area contributed by atoms with E-state index in [2.05, 4.69) is 5.32 Å². The second-order valence-electron chi connectivity index (χ2n) is 7.27. The van der Waals surface area contributed by atoms with Gasteiger partial charge in [0.2, 0.25) is 5.91 Å². The van der Waals surface area contributed by atoms with Crippen LogP contribution >= 0.6 is 0 Å². The highest BCUT2D eigenvalue weighted by atomic mass is 19.1. The average molecular weight is 398 g/mol. The first-order valence-electron chi connectivity index (χ1n) is 9.81. The van der Waals surface area contributed by atoms with Crippen LogP contribution in [0.2, 0.25) is 0 Å². The van der Waals surface area contributed by atoms with Gasteiger partial charge in [-0.3, -0.25) is 9.59 Å². The summed E-state index contributed by atoms with van der Waals surface area (Å²) >= 11 is 0. The topological polar surface area (TPSA) is 67.9 Å². The zero-order valence-electron chi connectivity index (χ0n) is 16.0. The second-order valence-corrected chi connectivity index (χ2v) is 7.27. The number of likely N-dealkylation sites (tertiary alicyclic amines) is 1. The third-order valence-corrected chi connectivity index (χ3v) is 5.32. The van der Waals surface area contributed by atoms with Crippen LogP contribution < -0.4 is 14.8 Å². The van der Waals surface area contributed by atoms with Crippen molar-refractivity contribution in [2.24, 2.45) is 5.92 Å². The first-order chi connectivity index (χ1) is 14.1. The Balaban J connectivity index is 1.27. The van der Waals surface area contributed by atoms with Gasteiger partial charge >= 0.3 is 0 Å². The van der Waals surface area contributed by atoms with Gasteiger partial charge in [0.15, 0.2) is 11.5 Å². The fraction of sp³-hybridized carbons (Fsp3) is 0.364. The number of nitrogens with one attached hydrogen (secondary N) is 1. The molecule has 2 aromatic carbocycles. The lowest BCUT2D eigenvalue weighted by atomic mass is 9.95. The van der Waals surface area contributed by atoms with Crippen molar-refractivity contribution >= 4 is 11.8 Å². The number of carbonyl (C=O) groups excluding carboxylic acids is 2. The predicted molar refractivity (Wildman–Crippen MR) is 104 cm³/mol. The average Bonchev–Trinajstić information content (AvgIpc) is 2.77. The molecule has 1 fully saturated rings. The van der Waals surface area contributed by atoms with Crippen molar-refractivity contribution in [3.05, 3.63) is 59.4 Å². The van der Waals surface area contributed by atoms with E-state index >= 15 is 0 Å². The van der Waals surface area contributed by atoms with Crippen molar-refractivity contribution in [1.82, 2.24) is 10.2 Å². The van der Waals surface area contributed by atoms with Crippen molar-refractivity contribution in [2.75, 3.05) is 26.3 Å². The van der Waals surface area contributed by atoms with E-state index in [-0.39, 0.29) is 23.5 Å². The molecule has 1 N–H and O–H groups in total. The maximum Gasteiger partial charge on any atom is 0.253 e. The van der Waals surface area contributed by atoms with Crippen molar-refractivity contribution < 1.29 is 23.5 Å². The summed E-state index contributed by atoms with van der Waals surface area (Å²) in [6.45, 7) is 2.52. The Hall–Kier alpha value is -3.09. The molecular weight excluding hydrogens is 375 g/mol. The number of amides is 2. The van der Waals surface area contributed by atoms with E-state index in [1.165, 1.54) is 24.3 Å². The Bertz CT molecular complexity index is 892. The van der Waals surface area contributed by atoms with Gasteiger partial charge in [-0.05, 0) is 54.8 Å². The van der Waals surface area contributed by atoms with Gasteiger partial charge in [-0.25, -0.2) is 4.39 Å². The Morgan fingerprint density at radius 3 is 2.41 bits per heavy atom. The fourth-order valence-corrected chi connectivity index (χ4v) is 3.65. The van der Waals surface area contributed by atoms with Crippen LogP contribution in [-0.2, 0) is 11.3 Å². The van der Waals surface area contributed by atoms with E-state index in [0.717, 1.165) is 11.3 Å². The molecule has 0 aromatic heterocycles. The summed E-state index contributed by atoms with van der Waals surface area (Å²) in [6, 6.07) is 11.2. The maximum atomic E-state index is 13.0. The van der Waals surface area contributed by atoms with Crippen LogP contribution in [0.4, 0.5) is 4.39 Å². The molecule has 152 valence electrons. The van der Waals surface area contributed by atoms with E-state index in [1.807, 2.05) is 18.2 Å². The zero-order chi connectivity index (χ0) is 20.2. The molecule has 0 aliphatic carbocycles. The number of nitrogens with zero attached hydrogens (tertiary/aromatic N) is 1. The number of carbonyl (C=O) groups is 2.